The standard InChI is InChI=1S/C39H47FN2O3/c1-34(2)16-18-39(42-31(44)13-10-24-8-11-26(40)12-9-24)19-17-38(7)32(27(39)22-34)28(43)20-30-36(5)21-25(23-41)33(45)35(3,4)29(36)14-15-37(30,38)6/h8-13,20-21,27,29,32H,14-19,22H2,1-7H3,(H,42,44)/b13-10+/t27-,29?,32-,36-,37+,38+,39-/m0/s1. The second kappa shape index (κ2) is 10.1. The largest absolute Gasteiger partial charge is 0.347 e. The van der Waals surface area contributed by atoms with Crippen molar-refractivity contribution in [2.75, 3.05) is 0 Å². The molecule has 3 fully saturated rings. The maximum atomic E-state index is 14.7. The van der Waals surface area contributed by atoms with Crippen LogP contribution in [0.25, 0.3) is 6.08 Å². The lowest BCUT2D eigenvalue weighted by Crippen LogP contribution is -2.69. The van der Waals surface area contributed by atoms with E-state index < -0.39 is 16.4 Å². The maximum absolute atomic E-state index is 14.7. The van der Waals surface area contributed by atoms with Crippen molar-refractivity contribution in [1.82, 2.24) is 5.32 Å². The number of hydrogen-bond donors (Lipinski definition) is 1. The number of Topliss-reactive ketones (excluding diaryl/α,β-unsaturated/α-hetero) is 1. The first kappa shape index (κ1) is 31.6. The zero-order chi connectivity index (χ0) is 32.8. The molecular weight excluding hydrogens is 563 g/mol. The number of rotatable bonds is 3. The first-order chi connectivity index (χ1) is 20.9. The van der Waals surface area contributed by atoms with Crippen LogP contribution < -0.4 is 5.32 Å². The van der Waals surface area contributed by atoms with Gasteiger partial charge in [0.2, 0.25) is 5.91 Å². The molecule has 0 spiro atoms. The summed E-state index contributed by atoms with van der Waals surface area (Å²) in [5.74, 6) is -0.749. The molecule has 0 aliphatic heterocycles. The lowest BCUT2D eigenvalue weighted by Gasteiger charge is -2.69. The van der Waals surface area contributed by atoms with Crippen LogP contribution in [0, 0.1) is 62.0 Å². The van der Waals surface area contributed by atoms with Crippen molar-refractivity contribution in [3.8, 4) is 6.07 Å². The smallest absolute Gasteiger partial charge is 0.244 e. The fourth-order valence-corrected chi connectivity index (χ4v) is 10.9. The van der Waals surface area contributed by atoms with Gasteiger partial charge in [0, 0.05) is 28.4 Å². The molecule has 1 amide bonds. The average molecular weight is 611 g/mol. The predicted molar refractivity (Wildman–Crippen MR) is 173 cm³/mol. The van der Waals surface area contributed by atoms with Crippen LogP contribution in [-0.2, 0) is 14.4 Å². The van der Waals surface area contributed by atoms with Gasteiger partial charge < -0.3 is 5.32 Å². The number of allylic oxidation sites excluding steroid dienone is 4. The zero-order valence-corrected chi connectivity index (χ0v) is 27.9. The van der Waals surface area contributed by atoms with Crippen molar-refractivity contribution < 1.29 is 18.8 Å². The van der Waals surface area contributed by atoms with Gasteiger partial charge in [-0.25, -0.2) is 4.39 Å². The molecular formula is C39H47FN2O3. The number of fused-ring (bicyclic) bond motifs is 7. The van der Waals surface area contributed by atoms with Crippen LogP contribution in [0.4, 0.5) is 4.39 Å². The molecule has 45 heavy (non-hydrogen) atoms. The molecule has 6 rings (SSSR count). The van der Waals surface area contributed by atoms with Gasteiger partial charge in [0.25, 0.3) is 0 Å². The summed E-state index contributed by atoms with van der Waals surface area (Å²) in [6.07, 6.45) is 13.0. The minimum atomic E-state index is -0.696. The average Bonchev–Trinajstić information content (AvgIpc) is 2.96. The highest BCUT2D eigenvalue weighted by molar-refractivity contribution is 6.04. The Labute approximate surface area is 267 Å². The molecule has 0 heterocycles. The Morgan fingerprint density at radius 3 is 2.31 bits per heavy atom. The topological polar surface area (TPSA) is 87.0 Å². The quantitative estimate of drug-likeness (QED) is 0.352. The summed E-state index contributed by atoms with van der Waals surface area (Å²) in [7, 11) is 0. The summed E-state index contributed by atoms with van der Waals surface area (Å²) in [4.78, 5) is 41.5. The van der Waals surface area contributed by atoms with Crippen LogP contribution >= 0.6 is 0 Å². The molecule has 5 aliphatic rings. The predicted octanol–water partition coefficient (Wildman–Crippen LogP) is 7.93. The van der Waals surface area contributed by atoms with Gasteiger partial charge in [-0.2, -0.15) is 5.26 Å². The van der Waals surface area contributed by atoms with Gasteiger partial charge in [0.1, 0.15) is 11.9 Å². The van der Waals surface area contributed by atoms with E-state index in [-0.39, 0.29) is 62.9 Å². The summed E-state index contributed by atoms with van der Waals surface area (Å²) in [5, 5.41) is 13.4. The Hall–Kier alpha value is -3.33. The van der Waals surface area contributed by atoms with Crippen molar-refractivity contribution in [3.63, 3.8) is 0 Å². The molecule has 0 radical (unpaired) electrons. The number of benzene rings is 1. The summed E-state index contributed by atoms with van der Waals surface area (Å²) < 4.78 is 13.4. The fourth-order valence-electron chi connectivity index (χ4n) is 10.9. The minimum absolute atomic E-state index is 0.00496. The van der Waals surface area contributed by atoms with Crippen molar-refractivity contribution in [2.45, 2.75) is 99.0 Å². The number of nitriles is 1. The van der Waals surface area contributed by atoms with Gasteiger partial charge in [-0.15, -0.1) is 0 Å². The van der Waals surface area contributed by atoms with Crippen LogP contribution in [-0.4, -0.2) is 23.0 Å². The summed E-state index contributed by atoms with van der Waals surface area (Å²) in [6.45, 7) is 15.3. The molecule has 0 bridgehead atoms. The van der Waals surface area contributed by atoms with Crippen LogP contribution in [0.3, 0.4) is 0 Å². The molecule has 1 N–H and O–H groups in total. The number of amides is 1. The van der Waals surface area contributed by atoms with Gasteiger partial charge >= 0.3 is 0 Å². The Balaban J connectivity index is 1.41. The van der Waals surface area contributed by atoms with E-state index in [1.165, 1.54) is 18.2 Å². The van der Waals surface area contributed by atoms with Crippen LogP contribution in [0.1, 0.15) is 99.0 Å². The molecule has 5 nitrogen and oxygen atoms in total. The van der Waals surface area contributed by atoms with Crippen LogP contribution in [0.15, 0.2) is 53.6 Å². The third kappa shape index (κ3) is 4.55. The molecule has 3 saturated carbocycles. The number of carbonyl (C=O) groups excluding carboxylic acids is 3. The summed E-state index contributed by atoms with van der Waals surface area (Å²) >= 11 is 0. The summed E-state index contributed by atoms with van der Waals surface area (Å²) in [6, 6.07) is 8.24. The normalized spacial score (nSPS) is 39.8. The van der Waals surface area contributed by atoms with Gasteiger partial charge in [-0.3, -0.25) is 14.4 Å². The zero-order valence-electron chi connectivity index (χ0n) is 27.9. The van der Waals surface area contributed by atoms with Crippen LogP contribution in [0.5, 0.6) is 0 Å². The summed E-state index contributed by atoms with van der Waals surface area (Å²) in [5.41, 5.74) is -0.329. The first-order valence-corrected chi connectivity index (χ1v) is 16.6. The van der Waals surface area contributed by atoms with E-state index in [0.29, 0.717) is 0 Å². The van der Waals surface area contributed by atoms with E-state index in [9.17, 15) is 24.0 Å². The SMILES string of the molecule is CC1(C)CC[C@]2(NC(=O)/C=C/c3ccc(F)cc3)CC[C@]3(C)[C@H](C(=O)C=C4[C@@]5(C)C=C(C#N)C(=O)C(C)(C)C5CC[C@]43C)[C@@H]2C1. The molecule has 1 aromatic rings. The van der Waals surface area contributed by atoms with Crippen LogP contribution in [0.2, 0.25) is 0 Å². The highest BCUT2D eigenvalue weighted by Gasteiger charge is 2.70. The van der Waals surface area contributed by atoms with E-state index in [1.807, 2.05) is 26.0 Å². The Morgan fingerprint density at radius 2 is 1.64 bits per heavy atom. The second-order valence-corrected chi connectivity index (χ2v) is 16.8. The monoisotopic (exact) mass is 610 g/mol. The van der Waals surface area contributed by atoms with E-state index in [4.69, 9.17) is 0 Å². The van der Waals surface area contributed by atoms with Crippen molar-refractivity contribution >= 4 is 23.5 Å². The molecule has 6 heteroatoms. The van der Waals surface area contributed by atoms with Gasteiger partial charge in [-0.05, 0) is 103 Å². The number of nitrogens with zero attached hydrogens (tertiary/aromatic N) is 1. The molecule has 5 aliphatic carbocycles. The van der Waals surface area contributed by atoms with E-state index >= 15 is 0 Å². The lowest BCUT2D eigenvalue weighted by atomic mass is 9.35. The highest BCUT2D eigenvalue weighted by atomic mass is 19.1. The van der Waals surface area contributed by atoms with Gasteiger partial charge in [0.05, 0.1) is 5.57 Å². The number of carbonyl (C=O) groups is 3. The Bertz CT molecular complexity index is 1610. The minimum Gasteiger partial charge on any atom is -0.347 e. The molecule has 1 aromatic carbocycles. The number of halogens is 1. The van der Waals surface area contributed by atoms with E-state index in [1.54, 1.807) is 18.2 Å². The van der Waals surface area contributed by atoms with Gasteiger partial charge in [0.15, 0.2) is 11.6 Å². The third-order valence-corrected chi connectivity index (χ3v) is 13.5. The van der Waals surface area contributed by atoms with Crippen molar-refractivity contribution in [3.05, 3.63) is 65.0 Å². The van der Waals surface area contributed by atoms with E-state index in [2.05, 4.69) is 46.0 Å². The third-order valence-electron chi connectivity index (χ3n) is 13.5. The number of ketones is 2. The molecule has 0 saturated heterocycles. The number of nitrogens with one attached hydrogen (secondary N) is 1. The van der Waals surface area contributed by atoms with Gasteiger partial charge in [-0.1, -0.05) is 72.2 Å². The Morgan fingerprint density at radius 1 is 0.978 bits per heavy atom. The van der Waals surface area contributed by atoms with Crippen molar-refractivity contribution in [1.29, 1.82) is 5.26 Å². The van der Waals surface area contributed by atoms with Crippen molar-refractivity contribution in [2.24, 2.45) is 44.8 Å². The molecule has 7 atom stereocenters. The lowest BCUT2D eigenvalue weighted by molar-refractivity contribution is -0.163. The molecule has 0 aromatic heterocycles. The first-order valence-electron chi connectivity index (χ1n) is 16.6. The molecule has 1 unspecified atom stereocenters. The van der Waals surface area contributed by atoms with E-state index in [0.717, 1.165) is 56.1 Å². The highest BCUT2D eigenvalue weighted by Crippen LogP contribution is 2.73. The second-order valence-electron chi connectivity index (χ2n) is 16.8. The Kier molecular flexibility index (Phi) is 7.09. The molecule has 238 valence electrons. The fraction of sp³-hybridized carbons (Fsp3) is 0.590. The number of hydrogen-bond acceptors (Lipinski definition) is 4. The maximum Gasteiger partial charge on any atom is 0.244 e.